The summed E-state index contributed by atoms with van der Waals surface area (Å²) in [7, 11) is 0. The number of rotatable bonds is 16. The number of aliphatic carboxylic acids is 1. The Morgan fingerprint density at radius 2 is 1.46 bits per heavy atom. The summed E-state index contributed by atoms with van der Waals surface area (Å²) >= 11 is 0. The van der Waals surface area contributed by atoms with Gasteiger partial charge in [-0.1, -0.05) is 77.6 Å². The molecule has 0 aliphatic heterocycles. The van der Waals surface area contributed by atoms with E-state index in [0.29, 0.717) is 12.2 Å². The van der Waals surface area contributed by atoms with Gasteiger partial charge in [0.25, 0.3) is 0 Å². The third kappa shape index (κ3) is 10.3. The Labute approximate surface area is 146 Å². The average Bonchev–Trinajstić information content (AvgIpc) is 3.01. The van der Waals surface area contributed by atoms with Crippen molar-refractivity contribution in [2.75, 3.05) is 0 Å². The van der Waals surface area contributed by atoms with Crippen molar-refractivity contribution in [2.45, 2.75) is 103 Å². The molecule has 0 saturated heterocycles. The topological polar surface area (TPSA) is 80.9 Å². The van der Waals surface area contributed by atoms with Crippen LogP contribution in [0.25, 0.3) is 0 Å². The molecule has 0 aliphatic carbocycles. The lowest BCUT2D eigenvalue weighted by Gasteiger charge is -2.04. The number of hydrogen-bond acceptors (Lipinski definition) is 4. The zero-order valence-corrected chi connectivity index (χ0v) is 15.3. The van der Waals surface area contributed by atoms with E-state index < -0.39 is 5.97 Å². The van der Waals surface area contributed by atoms with Gasteiger partial charge < -0.3 is 5.11 Å². The maximum atomic E-state index is 10.6. The van der Waals surface area contributed by atoms with Gasteiger partial charge in [0.2, 0.25) is 0 Å². The SMILES string of the molecule is CCCCCCCCCCCCCCn1nnnc1CCC(=O)O. The molecule has 0 amide bonds. The predicted octanol–water partition coefficient (Wildman–Crippen LogP) is 4.39. The number of carboxylic acids is 1. The smallest absolute Gasteiger partial charge is 0.303 e. The summed E-state index contributed by atoms with van der Waals surface area (Å²) in [5.74, 6) is -0.129. The molecule has 1 aromatic heterocycles. The molecular weight excluding hydrogens is 304 g/mol. The highest BCUT2D eigenvalue weighted by molar-refractivity contribution is 5.66. The van der Waals surface area contributed by atoms with Crippen molar-refractivity contribution in [3.8, 4) is 0 Å². The Bertz CT molecular complexity index is 434. The van der Waals surface area contributed by atoms with Crippen LogP contribution < -0.4 is 0 Å². The van der Waals surface area contributed by atoms with Crippen LogP contribution in [0.15, 0.2) is 0 Å². The maximum Gasteiger partial charge on any atom is 0.303 e. The monoisotopic (exact) mass is 338 g/mol. The minimum Gasteiger partial charge on any atom is -0.481 e. The molecule has 0 aromatic carbocycles. The van der Waals surface area contributed by atoms with E-state index in [9.17, 15) is 4.79 Å². The first kappa shape index (κ1) is 20.6. The summed E-state index contributed by atoms with van der Waals surface area (Å²) in [6.45, 7) is 3.05. The van der Waals surface area contributed by atoms with E-state index in [1.807, 2.05) is 0 Å². The zero-order valence-electron chi connectivity index (χ0n) is 15.3. The summed E-state index contributed by atoms with van der Waals surface area (Å²) in [4.78, 5) is 10.6. The standard InChI is InChI=1S/C18H34N4O2/c1-2-3-4-5-6-7-8-9-10-11-12-13-16-22-17(19-20-21-22)14-15-18(23)24/h2-16H2,1H3,(H,23,24). The molecule has 1 aromatic rings. The molecule has 24 heavy (non-hydrogen) atoms. The van der Waals surface area contributed by atoms with Crippen LogP contribution in [0, 0.1) is 0 Å². The predicted molar refractivity (Wildman–Crippen MR) is 94.9 cm³/mol. The molecule has 6 heteroatoms. The summed E-state index contributed by atoms with van der Waals surface area (Å²) in [5.41, 5.74) is 0. The fraction of sp³-hybridized carbons (Fsp3) is 0.889. The molecule has 0 atom stereocenters. The van der Waals surface area contributed by atoms with Crippen LogP contribution in [-0.4, -0.2) is 31.3 Å². The molecule has 0 aliphatic rings. The number of nitrogens with zero attached hydrogens (tertiary/aromatic N) is 4. The van der Waals surface area contributed by atoms with Gasteiger partial charge in [-0.15, -0.1) is 5.10 Å². The molecule has 0 unspecified atom stereocenters. The number of aromatic nitrogens is 4. The maximum absolute atomic E-state index is 10.6. The molecule has 6 nitrogen and oxygen atoms in total. The summed E-state index contributed by atoms with van der Waals surface area (Å²) in [6.07, 6.45) is 16.4. The lowest BCUT2D eigenvalue weighted by atomic mass is 10.1. The van der Waals surface area contributed by atoms with E-state index in [0.717, 1.165) is 13.0 Å². The van der Waals surface area contributed by atoms with Crippen LogP contribution in [0.5, 0.6) is 0 Å². The van der Waals surface area contributed by atoms with Crippen LogP contribution in [0.1, 0.15) is 96.2 Å². The Hall–Kier alpha value is -1.46. The second kappa shape index (κ2) is 13.9. The van der Waals surface area contributed by atoms with Gasteiger partial charge in [0.1, 0.15) is 0 Å². The first-order valence-corrected chi connectivity index (χ1v) is 9.71. The van der Waals surface area contributed by atoms with Gasteiger partial charge >= 0.3 is 5.97 Å². The van der Waals surface area contributed by atoms with Crippen molar-refractivity contribution in [1.82, 2.24) is 20.2 Å². The third-order valence-electron chi connectivity index (χ3n) is 4.39. The van der Waals surface area contributed by atoms with Crippen molar-refractivity contribution in [3.05, 3.63) is 5.82 Å². The van der Waals surface area contributed by atoms with Gasteiger partial charge in [-0.25, -0.2) is 4.68 Å². The fourth-order valence-corrected chi connectivity index (χ4v) is 2.90. The number of carboxylic acid groups (broad SMARTS) is 1. The van der Waals surface area contributed by atoms with Crippen molar-refractivity contribution < 1.29 is 9.90 Å². The first-order valence-electron chi connectivity index (χ1n) is 9.71. The van der Waals surface area contributed by atoms with E-state index in [4.69, 9.17) is 5.11 Å². The van der Waals surface area contributed by atoms with E-state index in [-0.39, 0.29) is 6.42 Å². The van der Waals surface area contributed by atoms with Crippen LogP contribution in [-0.2, 0) is 17.8 Å². The molecular formula is C18H34N4O2. The van der Waals surface area contributed by atoms with Gasteiger partial charge in [-0.05, 0) is 16.8 Å². The Morgan fingerprint density at radius 1 is 0.917 bits per heavy atom. The molecule has 138 valence electrons. The average molecular weight is 338 g/mol. The molecule has 0 radical (unpaired) electrons. The highest BCUT2D eigenvalue weighted by Gasteiger charge is 2.07. The van der Waals surface area contributed by atoms with Gasteiger partial charge in [0, 0.05) is 13.0 Å². The molecule has 0 fully saturated rings. The molecule has 1 rings (SSSR count). The summed E-state index contributed by atoms with van der Waals surface area (Å²) in [6, 6.07) is 0. The van der Waals surface area contributed by atoms with Gasteiger partial charge in [-0.2, -0.15) is 0 Å². The van der Waals surface area contributed by atoms with Crippen LogP contribution in [0.2, 0.25) is 0 Å². The Kier molecular flexibility index (Phi) is 11.9. The quantitative estimate of drug-likeness (QED) is 0.452. The summed E-state index contributed by atoms with van der Waals surface area (Å²) in [5, 5.41) is 20.2. The third-order valence-corrected chi connectivity index (χ3v) is 4.39. The van der Waals surface area contributed by atoms with Crippen molar-refractivity contribution in [2.24, 2.45) is 0 Å². The molecule has 0 saturated carbocycles. The Balaban J connectivity index is 1.93. The van der Waals surface area contributed by atoms with Crippen molar-refractivity contribution >= 4 is 5.97 Å². The highest BCUT2D eigenvalue weighted by atomic mass is 16.4. The van der Waals surface area contributed by atoms with Gasteiger partial charge in [-0.3, -0.25) is 4.79 Å². The molecule has 1 heterocycles. The van der Waals surface area contributed by atoms with Crippen molar-refractivity contribution in [1.29, 1.82) is 0 Å². The second-order valence-corrected chi connectivity index (χ2v) is 6.60. The second-order valence-electron chi connectivity index (χ2n) is 6.60. The van der Waals surface area contributed by atoms with Gasteiger partial charge in [0.05, 0.1) is 6.42 Å². The van der Waals surface area contributed by atoms with Crippen LogP contribution >= 0.6 is 0 Å². The van der Waals surface area contributed by atoms with Crippen molar-refractivity contribution in [3.63, 3.8) is 0 Å². The van der Waals surface area contributed by atoms with Crippen LogP contribution in [0.3, 0.4) is 0 Å². The lowest BCUT2D eigenvalue weighted by Crippen LogP contribution is -2.08. The molecule has 1 N–H and O–H groups in total. The molecule has 0 bridgehead atoms. The minimum atomic E-state index is -0.810. The first-order chi connectivity index (χ1) is 11.7. The largest absolute Gasteiger partial charge is 0.481 e. The number of tetrazole rings is 1. The highest BCUT2D eigenvalue weighted by Crippen LogP contribution is 2.12. The van der Waals surface area contributed by atoms with E-state index in [1.54, 1.807) is 4.68 Å². The number of hydrogen-bond donors (Lipinski definition) is 1. The van der Waals surface area contributed by atoms with E-state index >= 15 is 0 Å². The normalized spacial score (nSPS) is 11.0. The number of aryl methyl sites for hydroxylation is 2. The molecule has 0 spiro atoms. The van der Waals surface area contributed by atoms with Crippen LogP contribution in [0.4, 0.5) is 0 Å². The fourth-order valence-electron chi connectivity index (χ4n) is 2.90. The Morgan fingerprint density at radius 3 is 2.00 bits per heavy atom. The number of carbonyl (C=O) groups is 1. The van der Waals surface area contributed by atoms with Gasteiger partial charge in [0.15, 0.2) is 5.82 Å². The van der Waals surface area contributed by atoms with E-state index in [2.05, 4.69) is 22.4 Å². The van der Waals surface area contributed by atoms with E-state index in [1.165, 1.54) is 70.6 Å². The number of unbranched alkanes of at least 4 members (excludes halogenated alkanes) is 11. The minimum absolute atomic E-state index is 0.0822. The summed E-state index contributed by atoms with van der Waals surface area (Å²) < 4.78 is 1.75. The zero-order chi connectivity index (χ0) is 17.5. The lowest BCUT2D eigenvalue weighted by molar-refractivity contribution is -0.137.